The van der Waals surface area contributed by atoms with Gasteiger partial charge in [0.1, 0.15) is 11.5 Å². The molecule has 5 rings (SSSR count). The van der Waals surface area contributed by atoms with Gasteiger partial charge in [-0.1, -0.05) is 62.4 Å². The van der Waals surface area contributed by atoms with Crippen LogP contribution in [0.2, 0.25) is 0 Å². The first-order valence-electron chi connectivity index (χ1n) is 12.6. The molecule has 1 aromatic heterocycles. The van der Waals surface area contributed by atoms with Crippen LogP contribution in [0, 0.1) is 0 Å². The van der Waals surface area contributed by atoms with Gasteiger partial charge in [-0.15, -0.1) is 0 Å². The SMILES string of the molecule is CCc1oc(-c2ccc(Cc3ccccc3)cc2)nc1CCOc1ccc2c(c1)CC[C@@H]2CC. The molecule has 174 valence electrons. The van der Waals surface area contributed by atoms with Crippen molar-refractivity contribution >= 4 is 0 Å². The topological polar surface area (TPSA) is 35.3 Å². The van der Waals surface area contributed by atoms with Gasteiger partial charge >= 0.3 is 0 Å². The Morgan fingerprint density at radius 1 is 0.941 bits per heavy atom. The minimum absolute atomic E-state index is 0.602. The molecule has 0 fully saturated rings. The van der Waals surface area contributed by atoms with Gasteiger partial charge in [0.25, 0.3) is 0 Å². The molecule has 0 unspecified atom stereocenters. The van der Waals surface area contributed by atoms with Crippen LogP contribution in [0.3, 0.4) is 0 Å². The number of aryl methyl sites for hydroxylation is 2. The normalized spacial score (nSPS) is 14.8. The molecule has 1 aliphatic rings. The summed E-state index contributed by atoms with van der Waals surface area (Å²) in [6.07, 6.45) is 6.15. The number of hydrogen-bond donors (Lipinski definition) is 0. The molecule has 3 aromatic carbocycles. The van der Waals surface area contributed by atoms with Gasteiger partial charge < -0.3 is 9.15 Å². The van der Waals surface area contributed by atoms with Gasteiger partial charge in [0.15, 0.2) is 0 Å². The van der Waals surface area contributed by atoms with E-state index >= 15 is 0 Å². The molecule has 1 heterocycles. The number of nitrogens with zero attached hydrogens (tertiary/aromatic N) is 1. The molecule has 0 radical (unpaired) electrons. The number of oxazole rings is 1. The predicted molar refractivity (Wildman–Crippen MR) is 138 cm³/mol. The number of fused-ring (bicyclic) bond motifs is 1. The molecule has 3 nitrogen and oxygen atoms in total. The van der Waals surface area contributed by atoms with Gasteiger partial charge in [0.05, 0.1) is 12.3 Å². The third-order valence-corrected chi connectivity index (χ3v) is 6.97. The average molecular weight is 452 g/mol. The first-order chi connectivity index (χ1) is 16.7. The summed E-state index contributed by atoms with van der Waals surface area (Å²) >= 11 is 0. The monoisotopic (exact) mass is 451 g/mol. The summed E-state index contributed by atoms with van der Waals surface area (Å²) in [7, 11) is 0. The van der Waals surface area contributed by atoms with E-state index in [2.05, 4.69) is 86.6 Å². The van der Waals surface area contributed by atoms with Crippen LogP contribution in [0.15, 0.2) is 77.2 Å². The van der Waals surface area contributed by atoms with Crippen molar-refractivity contribution < 1.29 is 9.15 Å². The molecule has 0 saturated carbocycles. The lowest BCUT2D eigenvalue weighted by Crippen LogP contribution is -2.04. The van der Waals surface area contributed by atoms with E-state index in [1.54, 1.807) is 0 Å². The van der Waals surface area contributed by atoms with Crippen LogP contribution in [-0.2, 0) is 25.7 Å². The van der Waals surface area contributed by atoms with Crippen LogP contribution < -0.4 is 4.74 Å². The minimum Gasteiger partial charge on any atom is -0.493 e. The Bertz CT molecular complexity index is 1220. The lowest BCUT2D eigenvalue weighted by molar-refractivity contribution is 0.319. The maximum Gasteiger partial charge on any atom is 0.226 e. The van der Waals surface area contributed by atoms with Crippen molar-refractivity contribution in [1.29, 1.82) is 0 Å². The number of ether oxygens (including phenoxy) is 1. The Morgan fingerprint density at radius 3 is 2.50 bits per heavy atom. The van der Waals surface area contributed by atoms with Crippen molar-refractivity contribution in [2.45, 2.75) is 58.3 Å². The summed E-state index contributed by atoms with van der Waals surface area (Å²) in [4.78, 5) is 4.83. The molecule has 0 amide bonds. The summed E-state index contributed by atoms with van der Waals surface area (Å²) in [5.41, 5.74) is 7.58. The summed E-state index contributed by atoms with van der Waals surface area (Å²) in [6.45, 7) is 4.99. The molecule has 0 spiro atoms. The third-order valence-electron chi connectivity index (χ3n) is 6.97. The maximum atomic E-state index is 6.13. The maximum absolute atomic E-state index is 6.13. The van der Waals surface area contributed by atoms with Crippen LogP contribution in [-0.4, -0.2) is 11.6 Å². The Labute approximate surface area is 202 Å². The molecule has 0 bridgehead atoms. The molecule has 4 aromatic rings. The van der Waals surface area contributed by atoms with Crippen LogP contribution in [0.25, 0.3) is 11.5 Å². The van der Waals surface area contributed by atoms with Gasteiger partial charge in [0, 0.05) is 18.4 Å². The zero-order chi connectivity index (χ0) is 23.3. The summed E-state index contributed by atoms with van der Waals surface area (Å²) in [6, 6.07) is 25.7. The minimum atomic E-state index is 0.602. The van der Waals surface area contributed by atoms with Crippen LogP contribution in [0.1, 0.15) is 66.3 Å². The molecule has 0 aliphatic heterocycles. The lowest BCUT2D eigenvalue weighted by Gasteiger charge is -2.10. The van der Waals surface area contributed by atoms with Gasteiger partial charge in [-0.05, 0) is 78.1 Å². The number of benzene rings is 3. The molecule has 3 heteroatoms. The fourth-order valence-electron chi connectivity index (χ4n) is 5.04. The van der Waals surface area contributed by atoms with E-state index in [0.29, 0.717) is 12.5 Å². The van der Waals surface area contributed by atoms with Crippen LogP contribution in [0.4, 0.5) is 0 Å². The highest BCUT2D eigenvalue weighted by molar-refractivity contribution is 5.54. The molecule has 1 atom stereocenters. The van der Waals surface area contributed by atoms with Crippen molar-refractivity contribution in [3.63, 3.8) is 0 Å². The molecule has 34 heavy (non-hydrogen) atoms. The Kier molecular flexibility index (Phi) is 6.80. The largest absolute Gasteiger partial charge is 0.493 e. The predicted octanol–water partition coefficient (Wildman–Crippen LogP) is 7.56. The van der Waals surface area contributed by atoms with Gasteiger partial charge in [0.2, 0.25) is 5.89 Å². The number of hydrogen-bond acceptors (Lipinski definition) is 3. The molecule has 0 saturated heterocycles. The van der Waals surface area contributed by atoms with Crippen molar-refractivity contribution in [3.05, 3.63) is 107 Å². The van der Waals surface area contributed by atoms with Gasteiger partial charge in [-0.3, -0.25) is 0 Å². The second-order valence-corrected chi connectivity index (χ2v) is 9.20. The van der Waals surface area contributed by atoms with E-state index in [9.17, 15) is 0 Å². The molecular formula is C31H33NO2. The fraction of sp³-hybridized carbons (Fsp3) is 0.323. The van der Waals surface area contributed by atoms with Crippen molar-refractivity contribution in [1.82, 2.24) is 4.98 Å². The summed E-state index contributed by atoms with van der Waals surface area (Å²) < 4.78 is 12.2. The second-order valence-electron chi connectivity index (χ2n) is 9.20. The van der Waals surface area contributed by atoms with Crippen molar-refractivity contribution in [3.8, 4) is 17.2 Å². The Morgan fingerprint density at radius 2 is 1.74 bits per heavy atom. The van der Waals surface area contributed by atoms with E-state index in [-0.39, 0.29) is 0 Å². The fourth-order valence-corrected chi connectivity index (χ4v) is 5.04. The molecular weight excluding hydrogens is 418 g/mol. The Hall–Kier alpha value is -3.33. The standard InChI is InChI=1S/C31H33NO2/c1-3-24-14-15-26-21-27(16-17-28(24)26)33-19-18-29-30(4-2)34-31(32-29)25-12-10-23(11-13-25)20-22-8-6-5-7-9-22/h5-13,16-17,21,24H,3-4,14-15,18-20H2,1-2H3/t24-/m0/s1. The average Bonchev–Trinajstić information content (AvgIpc) is 3.48. The van der Waals surface area contributed by atoms with E-state index in [4.69, 9.17) is 14.1 Å². The highest BCUT2D eigenvalue weighted by atomic mass is 16.5. The molecule has 1 aliphatic carbocycles. The number of rotatable bonds is 9. The quantitative estimate of drug-likeness (QED) is 0.263. The zero-order valence-corrected chi connectivity index (χ0v) is 20.2. The van der Waals surface area contributed by atoms with Crippen molar-refractivity contribution in [2.75, 3.05) is 6.61 Å². The van der Waals surface area contributed by atoms with Crippen molar-refractivity contribution in [2.24, 2.45) is 0 Å². The zero-order valence-electron chi connectivity index (χ0n) is 20.2. The highest BCUT2D eigenvalue weighted by Crippen LogP contribution is 2.37. The summed E-state index contributed by atoms with van der Waals surface area (Å²) in [5, 5.41) is 0. The molecule has 0 N–H and O–H groups in total. The van der Waals surface area contributed by atoms with E-state index in [1.807, 2.05) is 0 Å². The Balaban J connectivity index is 1.22. The van der Waals surface area contributed by atoms with E-state index in [0.717, 1.165) is 47.9 Å². The van der Waals surface area contributed by atoms with Crippen LogP contribution in [0.5, 0.6) is 5.75 Å². The van der Waals surface area contributed by atoms with E-state index in [1.165, 1.54) is 41.5 Å². The first kappa shape index (κ1) is 22.5. The smallest absolute Gasteiger partial charge is 0.226 e. The van der Waals surface area contributed by atoms with Crippen LogP contribution >= 0.6 is 0 Å². The van der Waals surface area contributed by atoms with E-state index < -0.39 is 0 Å². The lowest BCUT2D eigenvalue weighted by atomic mass is 9.99. The van der Waals surface area contributed by atoms with Gasteiger partial charge in [-0.25, -0.2) is 4.98 Å². The highest BCUT2D eigenvalue weighted by Gasteiger charge is 2.21. The first-order valence-corrected chi connectivity index (χ1v) is 12.6. The second kappa shape index (κ2) is 10.3. The number of aromatic nitrogens is 1. The third kappa shape index (κ3) is 4.94. The van der Waals surface area contributed by atoms with Gasteiger partial charge in [-0.2, -0.15) is 0 Å². The summed E-state index contributed by atoms with van der Waals surface area (Å²) in [5.74, 6) is 3.33.